The van der Waals surface area contributed by atoms with Crippen LogP contribution in [0.4, 0.5) is 9.32 Å². The van der Waals surface area contributed by atoms with E-state index in [4.69, 9.17) is 4.74 Å². The number of aromatic nitrogens is 1. The Morgan fingerprint density at radius 3 is 2.77 bits per heavy atom. The van der Waals surface area contributed by atoms with Crippen LogP contribution in [0.25, 0.3) is 11.1 Å². The monoisotopic (exact) mass is 431 g/mol. The van der Waals surface area contributed by atoms with Crippen LogP contribution in [0.2, 0.25) is 0 Å². The van der Waals surface area contributed by atoms with Gasteiger partial charge in [0.1, 0.15) is 5.69 Å². The van der Waals surface area contributed by atoms with Crippen LogP contribution in [0, 0.1) is 6.92 Å². The number of halogens is 1. The Hall–Kier alpha value is -3.03. The van der Waals surface area contributed by atoms with Crippen LogP contribution < -0.4 is 10.3 Å². The SMILES string of the molecule is CCCN1CC(CCNC(=O)OC(C)C)n2c(cc(-c3cccc(OF)c3)c2C)C1=O. The van der Waals surface area contributed by atoms with Gasteiger partial charge in [-0.2, -0.15) is 0 Å². The van der Waals surface area contributed by atoms with E-state index in [-0.39, 0.29) is 23.8 Å². The van der Waals surface area contributed by atoms with E-state index in [9.17, 15) is 14.1 Å². The molecule has 2 amide bonds. The van der Waals surface area contributed by atoms with Crippen molar-refractivity contribution in [2.45, 2.75) is 52.7 Å². The maximum Gasteiger partial charge on any atom is 0.407 e. The lowest BCUT2D eigenvalue weighted by molar-refractivity contribution is -0.00614. The van der Waals surface area contributed by atoms with Gasteiger partial charge in [0.2, 0.25) is 0 Å². The summed E-state index contributed by atoms with van der Waals surface area (Å²) in [7, 11) is 0. The standard InChI is InChI=1S/C23H30FN3O4/c1-5-11-26-14-18(9-10-25-23(29)30-15(2)3)27-16(4)20(13-21(27)22(26)28)17-7-6-8-19(12-17)31-24/h6-8,12-13,15,18H,5,9-11,14H2,1-4H3,(H,25,29). The normalized spacial score (nSPS) is 15.7. The van der Waals surface area contributed by atoms with Crippen LogP contribution in [0.3, 0.4) is 0 Å². The first-order valence-corrected chi connectivity index (χ1v) is 10.7. The van der Waals surface area contributed by atoms with Crippen LogP contribution in [-0.4, -0.2) is 47.2 Å². The van der Waals surface area contributed by atoms with Crippen molar-refractivity contribution in [3.63, 3.8) is 0 Å². The van der Waals surface area contributed by atoms with Gasteiger partial charge < -0.3 is 19.5 Å². The third kappa shape index (κ3) is 5.00. The third-order valence-electron chi connectivity index (χ3n) is 5.41. The predicted octanol–water partition coefficient (Wildman–Crippen LogP) is 4.66. The zero-order valence-corrected chi connectivity index (χ0v) is 18.5. The van der Waals surface area contributed by atoms with E-state index in [1.165, 1.54) is 6.07 Å². The summed E-state index contributed by atoms with van der Waals surface area (Å²) >= 11 is 0. The lowest BCUT2D eigenvalue weighted by Gasteiger charge is -2.35. The van der Waals surface area contributed by atoms with E-state index in [0.29, 0.717) is 31.7 Å². The van der Waals surface area contributed by atoms with Crippen molar-refractivity contribution in [1.82, 2.24) is 14.8 Å². The molecule has 0 spiro atoms. The number of hydrogen-bond donors (Lipinski definition) is 1. The molecule has 7 nitrogen and oxygen atoms in total. The lowest BCUT2D eigenvalue weighted by atomic mass is 10.1. The molecule has 1 aromatic carbocycles. The molecule has 0 radical (unpaired) electrons. The van der Waals surface area contributed by atoms with Crippen molar-refractivity contribution in [3.05, 3.63) is 41.7 Å². The van der Waals surface area contributed by atoms with E-state index in [2.05, 4.69) is 10.3 Å². The maximum atomic E-state index is 13.1. The van der Waals surface area contributed by atoms with E-state index in [1.807, 2.05) is 35.4 Å². The number of nitrogens with zero attached hydrogens (tertiary/aromatic N) is 2. The summed E-state index contributed by atoms with van der Waals surface area (Å²) in [5, 5.41) is 2.79. The smallest absolute Gasteiger partial charge is 0.407 e. The summed E-state index contributed by atoms with van der Waals surface area (Å²) in [4.78, 5) is 30.7. The minimum Gasteiger partial charge on any atom is -0.447 e. The average molecular weight is 432 g/mol. The number of fused-ring (bicyclic) bond motifs is 1. The number of amides is 2. The van der Waals surface area contributed by atoms with Gasteiger partial charge in [0.15, 0.2) is 5.75 Å². The van der Waals surface area contributed by atoms with Gasteiger partial charge in [-0.05, 0) is 57.4 Å². The Morgan fingerprint density at radius 1 is 1.32 bits per heavy atom. The largest absolute Gasteiger partial charge is 0.447 e. The number of alkyl carbamates (subject to hydrolysis) is 1. The third-order valence-corrected chi connectivity index (χ3v) is 5.41. The topological polar surface area (TPSA) is 72.8 Å². The second-order valence-corrected chi connectivity index (χ2v) is 8.08. The maximum absolute atomic E-state index is 13.1. The number of rotatable bonds is 8. The van der Waals surface area contributed by atoms with Crippen LogP contribution >= 0.6 is 0 Å². The molecule has 1 aliphatic rings. The second-order valence-electron chi connectivity index (χ2n) is 8.08. The zero-order valence-electron chi connectivity index (χ0n) is 18.5. The molecule has 1 atom stereocenters. The Morgan fingerprint density at radius 2 is 2.10 bits per heavy atom. The van der Waals surface area contributed by atoms with Crippen molar-refractivity contribution in [2.24, 2.45) is 0 Å². The molecule has 168 valence electrons. The average Bonchev–Trinajstić information content (AvgIpc) is 3.08. The van der Waals surface area contributed by atoms with E-state index >= 15 is 0 Å². The number of benzene rings is 1. The Bertz CT molecular complexity index is 941. The molecule has 0 saturated carbocycles. The highest BCUT2D eigenvalue weighted by molar-refractivity contribution is 5.96. The lowest BCUT2D eigenvalue weighted by Crippen LogP contribution is -2.44. The van der Waals surface area contributed by atoms with Gasteiger partial charge in [0.25, 0.3) is 5.91 Å². The van der Waals surface area contributed by atoms with Crippen LogP contribution in [0.15, 0.2) is 30.3 Å². The molecule has 0 saturated heterocycles. The van der Waals surface area contributed by atoms with Gasteiger partial charge in [-0.3, -0.25) is 9.74 Å². The van der Waals surface area contributed by atoms with E-state index < -0.39 is 6.09 Å². The first kappa shape index (κ1) is 22.7. The molecule has 1 N–H and O–H groups in total. The molecule has 0 aliphatic carbocycles. The molecule has 2 aromatic rings. The van der Waals surface area contributed by atoms with Gasteiger partial charge in [-0.1, -0.05) is 19.1 Å². The van der Waals surface area contributed by atoms with Crippen LogP contribution in [0.5, 0.6) is 5.75 Å². The molecule has 2 heterocycles. The molecule has 3 rings (SSSR count). The number of hydrogen-bond acceptors (Lipinski definition) is 4. The van der Waals surface area contributed by atoms with Crippen molar-refractivity contribution in [1.29, 1.82) is 0 Å². The Kier molecular flexibility index (Phi) is 7.20. The fraction of sp³-hybridized carbons (Fsp3) is 0.478. The van der Waals surface area contributed by atoms with Gasteiger partial charge in [-0.25, -0.2) is 4.79 Å². The molecular weight excluding hydrogens is 401 g/mol. The highest BCUT2D eigenvalue weighted by Crippen LogP contribution is 2.35. The van der Waals surface area contributed by atoms with Gasteiger partial charge in [-0.15, -0.1) is 0 Å². The number of nitrogens with one attached hydrogen (secondary N) is 1. The number of ether oxygens (including phenoxy) is 1. The minimum atomic E-state index is -0.444. The molecule has 8 heteroatoms. The zero-order chi connectivity index (χ0) is 22.5. The Balaban J connectivity index is 1.90. The van der Waals surface area contributed by atoms with Crippen LogP contribution in [0.1, 0.15) is 55.8 Å². The summed E-state index contributed by atoms with van der Waals surface area (Å²) in [5.74, 6) is 0.0990. The minimum absolute atomic E-state index is 0.00737. The first-order valence-electron chi connectivity index (χ1n) is 10.7. The molecule has 1 unspecified atom stereocenters. The first-order chi connectivity index (χ1) is 14.8. The molecule has 31 heavy (non-hydrogen) atoms. The van der Waals surface area contributed by atoms with Crippen molar-refractivity contribution in [2.75, 3.05) is 19.6 Å². The quantitative estimate of drug-likeness (QED) is 0.660. The van der Waals surface area contributed by atoms with Gasteiger partial charge in [0, 0.05) is 35.4 Å². The molecule has 1 aromatic heterocycles. The van der Waals surface area contributed by atoms with Gasteiger partial charge >= 0.3 is 6.09 Å². The molecule has 0 bridgehead atoms. The fourth-order valence-corrected chi connectivity index (χ4v) is 4.12. The Labute approximate surface area is 182 Å². The van der Waals surface area contributed by atoms with E-state index in [0.717, 1.165) is 23.2 Å². The van der Waals surface area contributed by atoms with Crippen molar-refractivity contribution in [3.8, 4) is 16.9 Å². The van der Waals surface area contributed by atoms with Crippen molar-refractivity contribution < 1.29 is 23.8 Å². The molecule has 1 aliphatic heterocycles. The highest BCUT2D eigenvalue weighted by atomic mass is 19.3. The van der Waals surface area contributed by atoms with E-state index in [1.54, 1.807) is 26.0 Å². The second kappa shape index (κ2) is 9.85. The molecular formula is C23H30FN3O4. The summed E-state index contributed by atoms with van der Waals surface area (Å²) in [6.07, 6.45) is 0.883. The number of carbonyl (C=O) groups excluding carboxylic acids is 2. The highest BCUT2D eigenvalue weighted by Gasteiger charge is 2.33. The summed E-state index contributed by atoms with van der Waals surface area (Å²) in [5.41, 5.74) is 3.17. The van der Waals surface area contributed by atoms with Crippen LogP contribution in [-0.2, 0) is 4.74 Å². The summed E-state index contributed by atoms with van der Waals surface area (Å²) < 4.78 is 19.9. The number of carbonyl (C=O) groups is 2. The fourth-order valence-electron chi connectivity index (χ4n) is 4.12. The summed E-state index contributed by atoms with van der Waals surface area (Å²) in [6.45, 7) is 9.27. The van der Waals surface area contributed by atoms with Gasteiger partial charge in [0.05, 0.1) is 12.1 Å². The van der Waals surface area contributed by atoms with Crippen molar-refractivity contribution >= 4 is 12.0 Å². The molecule has 0 fully saturated rings. The predicted molar refractivity (Wildman–Crippen MR) is 116 cm³/mol. The summed E-state index contributed by atoms with van der Waals surface area (Å²) in [6, 6.07) is 8.60.